The summed E-state index contributed by atoms with van der Waals surface area (Å²) in [7, 11) is 0. The standard InChI is InChI=1S/C41H51N11O2/c1-29-26-33(11-12-34(29)52-20-15-36(53)45-40(52)35-6-5-25-54-35)49-18-13-30(14-19-49)27-48-21-23-50(24-22-48)32-9-7-31(8-10-32)44-39-37-38(43-28-42-37)46-41(47-39)51-16-3-2-4-17-51/h5,7-12,25-26,28,30H,2-4,6,13-24,27H2,1H3,(H,45,53)(H2,42,43,44,46,47). The lowest BCUT2D eigenvalue weighted by Crippen LogP contribution is -2.49. The monoisotopic (exact) mass is 729 g/mol. The number of rotatable bonds is 8. The molecule has 4 fully saturated rings. The third-order valence-electron chi connectivity index (χ3n) is 11.7. The van der Waals surface area contributed by atoms with Gasteiger partial charge in [-0.15, -0.1) is 0 Å². The number of anilines is 6. The Balaban J connectivity index is 0.755. The molecule has 0 spiro atoms. The van der Waals surface area contributed by atoms with Crippen LogP contribution in [0, 0.1) is 12.8 Å². The van der Waals surface area contributed by atoms with Gasteiger partial charge < -0.3 is 40.0 Å². The number of aromatic amines is 1. The number of benzene rings is 2. The van der Waals surface area contributed by atoms with Crippen molar-refractivity contribution in [2.24, 2.45) is 5.92 Å². The zero-order valence-corrected chi connectivity index (χ0v) is 31.3. The van der Waals surface area contributed by atoms with Crippen LogP contribution in [-0.2, 0) is 9.53 Å². The van der Waals surface area contributed by atoms with Gasteiger partial charge in [-0.3, -0.25) is 9.69 Å². The van der Waals surface area contributed by atoms with E-state index in [4.69, 9.17) is 14.7 Å². The minimum atomic E-state index is 0.0419. The summed E-state index contributed by atoms with van der Waals surface area (Å²) in [6.45, 7) is 12.4. The third kappa shape index (κ3) is 7.29. The molecule has 0 atom stereocenters. The Bertz CT molecular complexity index is 2010. The van der Waals surface area contributed by atoms with Gasteiger partial charge in [0.2, 0.25) is 11.9 Å². The number of aromatic nitrogens is 4. The second kappa shape index (κ2) is 15.2. The number of carbonyl (C=O) groups excluding carboxylic acids is 1. The van der Waals surface area contributed by atoms with E-state index in [0.717, 1.165) is 104 Å². The number of piperidine rings is 2. The maximum Gasteiger partial charge on any atom is 0.229 e. The van der Waals surface area contributed by atoms with Crippen molar-refractivity contribution in [2.75, 3.05) is 90.4 Å². The number of hydrogen-bond donors (Lipinski definition) is 3. The Morgan fingerprint density at radius 2 is 1.63 bits per heavy atom. The minimum Gasteiger partial charge on any atom is -0.466 e. The van der Waals surface area contributed by atoms with Gasteiger partial charge >= 0.3 is 0 Å². The Kier molecular flexibility index (Phi) is 9.71. The first kappa shape index (κ1) is 34.5. The van der Waals surface area contributed by atoms with Crippen LogP contribution in [0.2, 0.25) is 0 Å². The molecule has 9 rings (SSSR count). The average molecular weight is 730 g/mol. The van der Waals surface area contributed by atoms with E-state index in [1.54, 1.807) is 12.6 Å². The summed E-state index contributed by atoms with van der Waals surface area (Å²) in [4.78, 5) is 41.8. The summed E-state index contributed by atoms with van der Waals surface area (Å²) in [5, 5.41) is 6.59. The second-order valence-corrected chi connectivity index (χ2v) is 15.3. The van der Waals surface area contributed by atoms with Crippen LogP contribution in [0.5, 0.6) is 0 Å². The molecule has 3 N–H and O–H groups in total. The molecule has 4 saturated heterocycles. The maximum atomic E-state index is 12.2. The largest absolute Gasteiger partial charge is 0.466 e. The molecule has 282 valence electrons. The third-order valence-corrected chi connectivity index (χ3v) is 11.7. The normalized spacial score (nSPS) is 21.5. The summed E-state index contributed by atoms with van der Waals surface area (Å²) in [5.41, 5.74) is 7.40. The maximum absolute atomic E-state index is 12.2. The van der Waals surface area contributed by atoms with Gasteiger partial charge in [0.1, 0.15) is 5.76 Å². The number of piperazine rings is 1. The van der Waals surface area contributed by atoms with Crippen molar-refractivity contribution < 1.29 is 9.53 Å². The zero-order valence-electron chi connectivity index (χ0n) is 31.3. The first-order valence-corrected chi connectivity index (χ1v) is 19.8. The molecule has 4 aromatic rings. The van der Waals surface area contributed by atoms with Crippen molar-refractivity contribution in [3.63, 3.8) is 0 Å². The van der Waals surface area contributed by atoms with Crippen LogP contribution < -0.4 is 30.2 Å². The first-order valence-electron chi connectivity index (χ1n) is 19.8. The molecule has 0 radical (unpaired) electrons. The molecule has 5 aliphatic heterocycles. The highest BCUT2D eigenvalue weighted by Crippen LogP contribution is 2.34. The minimum absolute atomic E-state index is 0.0419. The lowest BCUT2D eigenvalue weighted by atomic mass is 9.95. The summed E-state index contributed by atoms with van der Waals surface area (Å²) < 4.78 is 5.71. The number of amides is 1. The van der Waals surface area contributed by atoms with Crippen LogP contribution in [0.25, 0.3) is 11.2 Å². The summed E-state index contributed by atoms with van der Waals surface area (Å²) in [5.74, 6) is 3.85. The van der Waals surface area contributed by atoms with Crippen molar-refractivity contribution in [3.8, 4) is 0 Å². The van der Waals surface area contributed by atoms with Gasteiger partial charge in [0.05, 0.1) is 12.6 Å². The molecule has 2 aromatic carbocycles. The number of H-pyrrole nitrogens is 1. The highest BCUT2D eigenvalue weighted by Gasteiger charge is 2.29. The highest BCUT2D eigenvalue weighted by atomic mass is 16.5. The Morgan fingerprint density at radius 3 is 2.39 bits per heavy atom. The van der Waals surface area contributed by atoms with Gasteiger partial charge in [0.25, 0.3) is 0 Å². The molecule has 2 aromatic heterocycles. The fourth-order valence-electron chi connectivity index (χ4n) is 8.64. The molecule has 0 saturated carbocycles. The Hall–Kier alpha value is -5.30. The van der Waals surface area contributed by atoms with E-state index in [1.807, 2.05) is 6.08 Å². The molecule has 7 heterocycles. The number of carbonyl (C=O) groups is 1. The van der Waals surface area contributed by atoms with E-state index in [9.17, 15) is 4.79 Å². The van der Waals surface area contributed by atoms with Gasteiger partial charge in [-0.25, -0.2) is 4.98 Å². The zero-order chi connectivity index (χ0) is 36.4. The quantitative estimate of drug-likeness (QED) is 0.202. The van der Waals surface area contributed by atoms with E-state index in [0.29, 0.717) is 19.4 Å². The predicted octanol–water partition coefficient (Wildman–Crippen LogP) is 5.86. The molecule has 13 heteroatoms. The molecule has 0 bridgehead atoms. The van der Waals surface area contributed by atoms with E-state index in [1.165, 1.54) is 55.6 Å². The fourth-order valence-corrected chi connectivity index (χ4v) is 8.64. The number of nitrogens with one attached hydrogen (secondary N) is 3. The molecule has 5 aliphatic rings. The lowest BCUT2D eigenvalue weighted by Gasteiger charge is -2.40. The van der Waals surface area contributed by atoms with E-state index >= 15 is 0 Å². The lowest BCUT2D eigenvalue weighted by molar-refractivity contribution is -0.120. The smallest absolute Gasteiger partial charge is 0.229 e. The number of allylic oxidation sites excluding steroid dienone is 1. The van der Waals surface area contributed by atoms with E-state index in [2.05, 4.69) is 94.5 Å². The van der Waals surface area contributed by atoms with Crippen molar-refractivity contribution in [1.29, 1.82) is 0 Å². The molecule has 13 nitrogen and oxygen atoms in total. The highest BCUT2D eigenvalue weighted by molar-refractivity contribution is 5.86. The van der Waals surface area contributed by atoms with Crippen LogP contribution in [0.15, 0.2) is 72.7 Å². The Morgan fingerprint density at radius 1 is 0.852 bits per heavy atom. The Labute approximate surface area is 317 Å². The molecular weight excluding hydrogens is 679 g/mol. The van der Waals surface area contributed by atoms with Gasteiger partial charge in [-0.1, -0.05) is 0 Å². The second-order valence-electron chi connectivity index (χ2n) is 15.3. The van der Waals surface area contributed by atoms with Crippen molar-refractivity contribution >= 4 is 51.6 Å². The van der Waals surface area contributed by atoms with Crippen LogP contribution in [0.4, 0.5) is 34.5 Å². The van der Waals surface area contributed by atoms with Gasteiger partial charge in [0, 0.05) is 101 Å². The number of aryl methyl sites for hydroxylation is 1. The van der Waals surface area contributed by atoms with Crippen LogP contribution in [0.3, 0.4) is 0 Å². The van der Waals surface area contributed by atoms with Gasteiger partial charge in [-0.05, 0) is 99.0 Å². The molecule has 0 aliphatic carbocycles. The van der Waals surface area contributed by atoms with Crippen molar-refractivity contribution in [2.45, 2.75) is 51.9 Å². The fraction of sp³-hybridized carbons (Fsp3) is 0.463. The van der Waals surface area contributed by atoms with Crippen LogP contribution in [-0.4, -0.2) is 96.2 Å². The van der Waals surface area contributed by atoms with Gasteiger partial charge in [0.15, 0.2) is 22.8 Å². The van der Waals surface area contributed by atoms with Crippen molar-refractivity contribution in [3.05, 3.63) is 78.3 Å². The molecule has 54 heavy (non-hydrogen) atoms. The number of imidazole rings is 1. The van der Waals surface area contributed by atoms with Crippen LogP contribution in [0.1, 0.15) is 50.5 Å². The van der Waals surface area contributed by atoms with E-state index in [-0.39, 0.29) is 5.91 Å². The SMILES string of the molecule is Cc1cc(N2CCC(CN3CCN(c4ccc(Nc5nc(N6CCCCC6)nc6[nH]cnc56)cc4)CC3)CC2)ccc1N1CCC(=O)NC1=C1CC=CO1. The number of ether oxygens (including phenoxy) is 1. The molecular formula is C41H51N11O2. The molecule has 0 unspecified atom stereocenters. The number of nitrogens with zero attached hydrogens (tertiary/aromatic N) is 8. The summed E-state index contributed by atoms with van der Waals surface area (Å²) in [6.07, 6.45) is 12.6. The number of hydrogen-bond acceptors (Lipinski definition) is 11. The van der Waals surface area contributed by atoms with Crippen molar-refractivity contribution in [1.82, 2.24) is 30.2 Å². The van der Waals surface area contributed by atoms with Crippen LogP contribution >= 0.6 is 0 Å². The summed E-state index contributed by atoms with van der Waals surface area (Å²) >= 11 is 0. The average Bonchev–Trinajstić information content (AvgIpc) is 3.93. The van der Waals surface area contributed by atoms with Gasteiger partial charge in [-0.2, -0.15) is 9.97 Å². The number of fused-ring (bicyclic) bond motifs is 1. The predicted molar refractivity (Wildman–Crippen MR) is 214 cm³/mol. The molecule has 1 amide bonds. The first-order chi connectivity index (χ1) is 26.5. The topological polar surface area (TPSA) is 121 Å². The summed E-state index contributed by atoms with van der Waals surface area (Å²) in [6, 6.07) is 15.5. The van der Waals surface area contributed by atoms with E-state index < -0.39 is 0 Å².